The number of esters is 1. The Kier molecular flexibility index (Phi) is 6.93. The molecule has 2 rings (SSSR count). The Morgan fingerprint density at radius 1 is 1.28 bits per heavy atom. The van der Waals surface area contributed by atoms with Gasteiger partial charge in [-0.25, -0.2) is 0 Å². The molecule has 1 amide bonds. The van der Waals surface area contributed by atoms with Crippen molar-refractivity contribution in [1.82, 2.24) is 0 Å². The van der Waals surface area contributed by atoms with E-state index in [-0.39, 0.29) is 30.2 Å². The van der Waals surface area contributed by atoms with E-state index >= 15 is 0 Å². The fourth-order valence-corrected chi connectivity index (χ4v) is 3.32. The number of nitrogens with zero attached hydrogens (tertiary/aromatic N) is 1. The summed E-state index contributed by atoms with van der Waals surface area (Å²) in [6.45, 7) is 0.574. The predicted molar refractivity (Wildman–Crippen MR) is 93.3 cm³/mol. The van der Waals surface area contributed by atoms with Gasteiger partial charge in [-0.3, -0.25) is 24.5 Å². The number of alkyl halides is 3. The molecular weight excluding hydrogens is 397 g/mol. The monoisotopic (exact) mass is 416 g/mol. The number of anilines is 1. The first-order chi connectivity index (χ1) is 13.5. The molecule has 0 saturated heterocycles. The lowest BCUT2D eigenvalue weighted by Crippen LogP contribution is -2.28. The van der Waals surface area contributed by atoms with Gasteiger partial charge in [0.1, 0.15) is 5.78 Å². The molecule has 1 aliphatic rings. The minimum Gasteiger partial charge on any atom is -0.456 e. The third-order valence-electron chi connectivity index (χ3n) is 4.79. The Balaban J connectivity index is 1.84. The van der Waals surface area contributed by atoms with Gasteiger partial charge in [-0.15, -0.1) is 0 Å². The molecule has 1 aromatic rings. The number of hydrogen-bond acceptors (Lipinski definition) is 6. The van der Waals surface area contributed by atoms with Crippen molar-refractivity contribution < 1.29 is 37.2 Å². The highest BCUT2D eigenvalue weighted by atomic mass is 19.4. The van der Waals surface area contributed by atoms with Crippen LogP contribution in [0.25, 0.3) is 0 Å². The van der Waals surface area contributed by atoms with Crippen molar-refractivity contribution in [3.05, 3.63) is 39.9 Å². The fraction of sp³-hybridized carbons (Fsp3) is 0.500. The third kappa shape index (κ3) is 6.26. The number of carbonyl (C=O) groups is 3. The van der Waals surface area contributed by atoms with E-state index in [9.17, 15) is 37.7 Å². The van der Waals surface area contributed by atoms with Crippen LogP contribution in [0.15, 0.2) is 24.3 Å². The molecule has 158 valence electrons. The van der Waals surface area contributed by atoms with Gasteiger partial charge in [0.25, 0.3) is 5.91 Å². The second kappa shape index (κ2) is 9.01. The largest absolute Gasteiger partial charge is 0.456 e. The zero-order valence-electron chi connectivity index (χ0n) is 15.4. The molecule has 0 aromatic heterocycles. The first-order valence-electron chi connectivity index (χ1n) is 8.74. The highest BCUT2D eigenvalue weighted by molar-refractivity contribution is 5.93. The summed E-state index contributed by atoms with van der Waals surface area (Å²) in [5.74, 6) is -3.52. The van der Waals surface area contributed by atoms with Gasteiger partial charge in [-0.2, -0.15) is 13.2 Å². The summed E-state index contributed by atoms with van der Waals surface area (Å²) in [6, 6.07) is 3.71. The van der Waals surface area contributed by atoms with Gasteiger partial charge >= 0.3 is 12.1 Å². The van der Waals surface area contributed by atoms with Gasteiger partial charge in [0.05, 0.1) is 12.0 Å². The molecule has 1 saturated carbocycles. The van der Waals surface area contributed by atoms with Crippen LogP contribution in [0.1, 0.15) is 25.3 Å². The standard InChI is InChI=1S/C18H19F3N2O6/c1-10-6-15(24)13(14(10)8-23(27)28)7-17(26)29-9-16(25)22-12-4-2-11(3-5-12)18(19,20)21/h2-5,10,13-14H,6-9H2,1H3,(H,22,25)/t10-,13-,14+/m0/s1. The number of ether oxygens (including phenoxy) is 1. The molecule has 1 aromatic carbocycles. The van der Waals surface area contributed by atoms with Crippen molar-refractivity contribution in [1.29, 1.82) is 0 Å². The second-order valence-electron chi connectivity index (χ2n) is 6.92. The highest BCUT2D eigenvalue weighted by Crippen LogP contribution is 2.36. The average molecular weight is 416 g/mol. The van der Waals surface area contributed by atoms with Crippen LogP contribution in [0.3, 0.4) is 0 Å². The smallest absolute Gasteiger partial charge is 0.416 e. The fourth-order valence-electron chi connectivity index (χ4n) is 3.32. The van der Waals surface area contributed by atoms with Gasteiger partial charge in [-0.05, 0) is 30.2 Å². The Morgan fingerprint density at radius 3 is 2.45 bits per heavy atom. The molecule has 29 heavy (non-hydrogen) atoms. The van der Waals surface area contributed by atoms with E-state index in [1.54, 1.807) is 6.92 Å². The van der Waals surface area contributed by atoms with Crippen LogP contribution in [-0.4, -0.2) is 35.7 Å². The third-order valence-corrected chi connectivity index (χ3v) is 4.79. The highest BCUT2D eigenvalue weighted by Gasteiger charge is 2.44. The van der Waals surface area contributed by atoms with Crippen LogP contribution in [0, 0.1) is 27.9 Å². The van der Waals surface area contributed by atoms with Gasteiger partial charge in [0, 0.05) is 28.9 Å². The van der Waals surface area contributed by atoms with Crippen LogP contribution in [0.5, 0.6) is 0 Å². The molecular formula is C18H19F3N2O6. The Morgan fingerprint density at radius 2 is 1.90 bits per heavy atom. The number of rotatable bonds is 7. The van der Waals surface area contributed by atoms with Crippen LogP contribution in [0.4, 0.5) is 18.9 Å². The summed E-state index contributed by atoms with van der Waals surface area (Å²) in [5, 5.41) is 13.0. The normalized spacial score (nSPS) is 21.7. The zero-order valence-corrected chi connectivity index (χ0v) is 15.4. The minimum absolute atomic E-state index is 0.0879. The van der Waals surface area contributed by atoms with Crippen LogP contribution in [0.2, 0.25) is 0 Å². The van der Waals surface area contributed by atoms with Crippen molar-refractivity contribution in [3.63, 3.8) is 0 Å². The van der Waals surface area contributed by atoms with Gasteiger partial charge in [0.2, 0.25) is 6.54 Å². The summed E-state index contributed by atoms with van der Waals surface area (Å²) in [6.07, 6.45) is -4.72. The maximum Gasteiger partial charge on any atom is 0.416 e. The Hall–Kier alpha value is -2.98. The van der Waals surface area contributed by atoms with E-state index in [0.717, 1.165) is 24.3 Å². The summed E-state index contributed by atoms with van der Waals surface area (Å²) in [4.78, 5) is 46.0. The van der Waals surface area contributed by atoms with E-state index in [1.807, 2.05) is 0 Å². The van der Waals surface area contributed by atoms with Crippen molar-refractivity contribution >= 4 is 23.3 Å². The zero-order chi connectivity index (χ0) is 21.8. The number of Topliss-reactive ketones (excluding diaryl/α,β-unsaturated/α-hetero) is 1. The lowest BCUT2D eigenvalue weighted by molar-refractivity contribution is -0.490. The Labute approximate surface area is 163 Å². The van der Waals surface area contributed by atoms with E-state index < -0.39 is 53.5 Å². The summed E-state index contributed by atoms with van der Waals surface area (Å²) >= 11 is 0. The van der Waals surface area contributed by atoms with E-state index in [4.69, 9.17) is 4.74 Å². The molecule has 11 heteroatoms. The first kappa shape index (κ1) is 22.3. The number of amides is 1. The number of nitrogens with one attached hydrogen (secondary N) is 1. The summed E-state index contributed by atoms with van der Waals surface area (Å²) in [5.41, 5.74) is -0.786. The van der Waals surface area contributed by atoms with Crippen molar-refractivity contribution in [2.75, 3.05) is 18.5 Å². The van der Waals surface area contributed by atoms with Gasteiger partial charge in [0.15, 0.2) is 6.61 Å². The summed E-state index contributed by atoms with van der Waals surface area (Å²) in [7, 11) is 0. The minimum atomic E-state index is -4.50. The number of halogens is 3. The molecule has 0 spiro atoms. The predicted octanol–water partition coefficient (Wildman–Crippen LogP) is 2.70. The number of hydrogen-bond donors (Lipinski definition) is 1. The molecule has 3 atom stereocenters. The first-order valence-corrected chi connectivity index (χ1v) is 8.74. The molecule has 1 aliphatic carbocycles. The van der Waals surface area contributed by atoms with Crippen molar-refractivity contribution in [2.24, 2.45) is 17.8 Å². The molecule has 0 aliphatic heterocycles. The van der Waals surface area contributed by atoms with Gasteiger partial charge < -0.3 is 10.1 Å². The molecule has 1 fully saturated rings. The molecule has 0 radical (unpaired) electrons. The second-order valence-corrected chi connectivity index (χ2v) is 6.92. The van der Waals surface area contributed by atoms with Crippen LogP contribution in [-0.2, 0) is 25.3 Å². The van der Waals surface area contributed by atoms with E-state index in [0.29, 0.717) is 0 Å². The van der Waals surface area contributed by atoms with Crippen molar-refractivity contribution in [3.8, 4) is 0 Å². The maximum absolute atomic E-state index is 12.5. The number of nitro groups is 1. The summed E-state index contributed by atoms with van der Waals surface area (Å²) < 4.78 is 42.3. The Bertz CT molecular complexity index is 794. The molecule has 8 nitrogen and oxygen atoms in total. The molecule has 0 unspecified atom stereocenters. The molecule has 1 N–H and O–H groups in total. The van der Waals surface area contributed by atoms with Gasteiger partial charge in [-0.1, -0.05) is 6.92 Å². The topological polar surface area (TPSA) is 116 Å². The lowest BCUT2D eigenvalue weighted by Gasteiger charge is -2.17. The van der Waals surface area contributed by atoms with Crippen molar-refractivity contribution in [2.45, 2.75) is 25.9 Å². The maximum atomic E-state index is 12.5. The van der Waals surface area contributed by atoms with Crippen LogP contribution >= 0.6 is 0 Å². The quantitative estimate of drug-likeness (QED) is 0.415. The number of carbonyl (C=O) groups excluding carboxylic acids is 3. The lowest BCUT2D eigenvalue weighted by atomic mass is 9.88. The van der Waals surface area contributed by atoms with E-state index in [2.05, 4.69) is 5.32 Å². The molecule has 0 bridgehead atoms. The average Bonchev–Trinajstić information content (AvgIpc) is 2.86. The van der Waals surface area contributed by atoms with Crippen LogP contribution < -0.4 is 5.32 Å². The van der Waals surface area contributed by atoms with E-state index in [1.165, 1.54) is 0 Å². The SMILES string of the molecule is C[C@H]1CC(=O)[C@@H](CC(=O)OCC(=O)Nc2ccc(C(F)(F)F)cc2)[C@@H]1C[N+](=O)[O-]. The molecule has 0 heterocycles. The number of benzene rings is 1. The number of ketones is 1.